The van der Waals surface area contributed by atoms with Gasteiger partial charge in [0.2, 0.25) is 0 Å². The summed E-state index contributed by atoms with van der Waals surface area (Å²) in [5.74, 6) is 1.15. The molecule has 0 aliphatic carbocycles. The van der Waals surface area contributed by atoms with E-state index in [1.54, 1.807) is 18.3 Å². The summed E-state index contributed by atoms with van der Waals surface area (Å²) in [6.45, 7) is 8.61. The summed E-state index contributed by atoms with van der Waals surface area (Å²) in [5, 5.41) is 0. The van der Waals surface area contributed by atoms with Crippen LogP contribution in [0.5, 0.6) is 11.5 Å². The van der Waals surface area contributed by atoms with Gasteiger partial charge in [-0.1, -0.05) is 38.1 Å². The number of halogens is 1. The SMILES string of the molecule is CC(C)c1c(C=CC=O)c(-c2ccc(F)cc2)c(OCc2ccccn2)c2c1CC(C)(C)O2. The van der Waals surface area contributed by atoms with Gasteiger partial charge in [0, 0.05) is 23.7 Å². The molecule has 0 amide bonds. The summed E-state index contributed by atoms with van der Waals surface area (Å²) in [4.78, 5) is 15.7. The summed E-state index contributed by atoms with van der Waals surface area (Å²) in [5.41, 5.74) is 5.04. The molecule has 3 aromatic rings. The smallest absolute Gasteiger partial charge is 0.170 e. The number of aldehydes is 1. The second kappa shape index (κ2) is 9.18. The summed E-state index contributed by atoms with van der Waals surface area (Å²) >= 11 is 0. The third-order valence-electron chi connectivity index (χ3n) is 5.72. The van der Waals surface area contributed by atoms with Gasteiger partial charge < -0.3 is 9.47 Å². The fourth-order valence-corrected chi connectivity index (χ4v) is 4.45. The van der Waals surface area contributed by atoms with Gasteiger partial charge in [-0.15, -0.1) is 0 Å². The second-order valence-electron chi connectivity index (χ2n) is 9.14. The topological polar surface area (TPSA) is 48.4 Å². The average molecular weight is 446 g/mol. The number of benzene rings is 2. The first-order valence-corrected chi connectivity index (χ1v) is 11.1. The first-order valence-electron chi connectivity index (χ1n) is 11.1. The average Bonchev–Trinajstić information content (AvgIpc) is 3.11. The molecule has 2 heterocycles. The summed E-state index contributed by atoms with van der Waals surface area (Å²) in [6, 6.07) is 12.0. The largest absolute Gasteiger partial charge is 0.483 e. The Hall–Kier alpha value is -3.47. The van der Waals surface area contributed by atoms with E-state index in [0.717, 1.165) is 46.2 Å². The molecule has 0 saturated carbocycles. The van der Waals surface area contributed by atoms with Crippen LogP contribution in [0, 0.1) is 5.82 Å². The Morgan fingerprint density at radius 1 is 1.18 bits per heavy atom. The van der Waals surface area contributed by atoms with Gasteiger partial charge in [0.05, 0.1) is 5.69 Å². The van der Waals surface area contributed by atoms with E-state index in [4.69, 9.17) is 9.47 Å². The molecule has 0 atom stereocenters. The highest BCUT2D eigenvalue weighted by Gasteiger charge is 2.38. The molecule has 1 aromatic heterocycles. The van der Waals surface area contributed by atoms with Gasteiger partial charge in [-0.05, 0) is 66.8 Å². The van der Waals surface area contributed by atoms with Gasteiger partial charge in [0.25, 0.3) is 0 Å². The number of aromatic nitrogens is 1. The lowest BCUT2D eigenvalue weighted by molar-refractivity contribution is -0.104. The Kier molecular flexibility index (Phi) is 6.32. The second-order valence-corrected chi connectivity index (χ2v) is 9.14. The predicted molar refractivity (Wildman–Crippen MR) is 128 cm³/mol. The quantitative estimate of drug-likeness (QED) is 0.307. The number of ether oxygens (including phenoxy) is 2. The van der Waals surface area contributed by atoms with Crippen molar-refractivity contribution in [2.75, 3.05) is 0 Å². The normalized spacial score (nSPS) is 14.4. The maximum atomic E-state index is 13.8. The molecular formula is C28H28FNO3. The molecule has 4 nitrogen and oxygen atoms in total. The van der Waals surface area contributed by atoms with Gasteiger partial charge in [-0.25, -0.2) is 4.39 Å². The molecular weight excluding hydrogens is 417 g/mol. The minimum atomic E-state index is -0.401. The molecule has 5 heteroatoms. The zero-order chi connectivity index (χ0) is 23.6. The fraction of sp³-hybridized carbons (Fsp3) is 0.286. The Labute approximate surface area is 194 Å². The van der Waals surface area contributed by atoms with E-state index in [1.807, 2.05) is 24.3 Å². The van der Waals surface area contributed by atoms with Crippen molar-refractivity contribution < 1.29 is 18.7 Å². The van der Waals surface area contributed by atoms with Gasteiger partial charge in [0.15, 0.2) is 11.5 Å². The number of rotatable bonds is 7. The molecule has 33 heavy (non-hydrogen) atoms. The summed E-state index contributed by atoms with van der Waals surface area (Å²) in [6.07, 6.45) is 6.52. The number of hydrogen-bond donors (Lipinski definition) is 0. The van der Waals surface area contributed by atoms with E-state index in [2.05, 4.69) is 32.7 Å². The Balaban J connectivity index is 2.01. The Morgan fingerprint density at radius 2 is 1.94 bits per heavy atom. The van der Waals surface area contributed by atoms with Crippen molar-refractivity contribution >= 4 is 12.4 Å². The molecule has 0 unspecified atom stereocenters. The molecule has 4 rings (SSSR count). The number of carbonyl (C=O) groups excluding carboxylic acids is 1. The lowest BCUT2D eigenvalue weighted by Crippen LogP contribution is -2.25. The molecule has 0 radical (unpaired) electrons. The highest BCUT2D eigenvalue weighted by Crippen LogP contribution is 2.53. The lowest BCUT2D eigenvalue weighted by Gasteiger charge is -2.24. The van der Waals surface area contributed by atoms with Crippen molar-refractivity contribution in [2.45, 2.75) is 52.2 Å². The summed E-state index contributed by atoms with van der Waals surface area (Å²) in [7, 11) is 0. The van der Waals surface area contributed by atoms with Gasteiger partial charge in [0.1, 0.15) is 24.3 Å². The van der Waals surface area contributed by atoms with Crippen LogP contribution < -0.4 is 9.47 Å². The van der Waals surface area contributed by atoms with Crippen LogP contribution in [0.25, 0.3) is 17.2 Å². The number of fused-ring (bicyclic) bond motifs is 1. The molecule has 0 bridgehead atoms. The van der Waals surface area contributed by atoms with Crippen molar-refractivity contribution in [2.24, 2.45) is 0 Å². The molecule has 2 aromatic carbocycles. The number of hydrogen-bond acceptors (Lipinski definition) is 4. The number of pyridine rings is 1. The van der Waals surface area contributed by atoms with Crippen molar-refractivity contribution in [3.8, 4) is 22.6 Å². The van der Waals surface area contributed by atoms with Crippen LogP contribution in [0.1, 0.15) is 56.0 Å². The van der Waals surface area contributed by atoms with Crippen LogP contribution in [0.4, 0.5) is 4.39 Å². The predicted octanol–water partition coefficient (Wildman–Crippen LogP) is 6.52. The van der Waals surface area contributed by atoms with E-state index in [1.165, 1.54) is 18.2 Å². The highest BCUT2D eigenvalue weighted by atomic mass is 19.1. The third-order valence-corrected chi connectivity index (χ3v) is 5.72. The first kappa shape index (κ1) is 22.7. The molecule has 0 saturated heterocycles. The lowest BCUT2D eigenvalue weighted by atomic mass is 9.83. The van der Waals surface area contributed by atoms with Crippen LogP contribution in [0.2, 0.25) is 0 Å². The zero-order valence-electron chi connectivity index (χ0n) is 19.4. The molecule has 0 spiro atoms. The number of carbonyl (C=O) groups is 1. The van der Waals surface area contributed by atoms with E-state index in [0.29, 0.717) is 11.5 Å². The monoisotopic (exact) mass is 445 g/mol. The molecule has 1 aliphatic heterocycles. The zero-order valence-corrected chi connectivity index (χ0v) is 19.4. The molecule has 0 N–H and O–H groups in total. The van der Waals surface area contributed by atoms with Gasteiger partial charge >= 0.3 is 0 Å². The van der Waals surface area contributed by atoms with Crippen LogP contribution >= 0.6 is 0 Å². The fourth-order valence-electron chi connectivity index (χ4n) is 4.45. The molecule has 0 fully saturated rings. The first-order chi connectivity index (χ1) is 15.8. The minimum Gasteiger partial charge on any atom is -0.483 e. The standard InChI is InChI=1S/C28H28FNO3/c1-18(2)24-22(9-7-15-31)25(19-10-12-20(29)13-11-19)27(26-23(24)16-28(3,4)33-26)32-17-21-8-5-6-14-30-21/h5-15,18H,16-17H2,1-4H3. The van der Waals surface area contributed by atoms with Crippen molar-refractivity contribution in [1.29, 1.82) is 0 Å². The van der Waals surface area contributed by atoms with E-state index in [-0.39, 0.29) is 18.3 Å². The van der Waals surface area contributed by atoms with E-state index >= 15 is 0 Å². The Morgan fingerprint density at radius 3 is 2.58 bits per heavy atom. The highest BCUT2D eigenvalue weighted by molar-refractivity contribution is 5.89. The van der Waals surface area contributed by atoms with Crippen molar-refractivity contribution in [3.05, 3.63) is 82.9 Å². The maximum absolute atomic E-state index is 13.8. The minimum absolute atomic E-state index is 0.173. The van der Waals surface area contributed by atoms with Gasteiger partial charge in [-0.2, -0.15) is 0 Å². The number of allylic oxidation sites excluding steroid dienone is 1. The molecule has 170 valence electrons. The Bertz CT molecular complexity index is 1180. The van der Waals surface area contributed by atoms with Crippen LogP contribution in [-0.2, 0) is 17.8 Å². The van der Waals surface area contributed by atoms with Crippen molar-refractivity contribution in [3.63, 3.8) is 0 Å². The molecule has 1 aliphatic rings. The van der Waals surface area contributed by atoms with E-state index < -0.39 is 5.60 Å². The summed E-state index contributed by atoms with van der Waals surface area (Å²) < 4.78 is 26.6. The van der Waals surface area contributed by atoms with E-state index in [9.17, 15) is 9.18 Å². The number of nitrogens with zero attached hydrogens (tertiary/aromatic N) is 1. The van der Waals surface area contributed by atoms with Crippen LogP contribution in [0.3, 0.4) is 0 Å². The third kappa shape index (κ3) is 4.68. The van der Waals surface area contributed by atoms with Gasteiger partial charge in [-0.3, -0.25) is 9.78 Å². The van der Waals surface area contributed by atoms with Crippen molar-refractivity contribution in [1.82, 2.24) is 4.98 Å². The van der Waals surface area contributed by atoms with Crippen LogP contribution in [-0.4, -0.2) is 16.9 Å². The maximum Gasteiger partial charge on any atom is 0.170 e. The van der Waals surface area contributed by atoms with Crippen LogP contribution in [0.15, 0.2) is 54.7 Å².